The van der Waals surface area contributed by atoms with E-state index < -0.39 is 0 Å². The number of likely N-dealkylation sites (N-methyl/N-ethyl adjacent to an activating group) is 1. The molecule has 84 valence electrons. The average Bonchev–Trinajstić information content (AvgIpc) is 2.69. The lowest BCUT2D eigenvalue weighted by molar-refractivity contribution is 0.570. The van der Waals surface area contributed by atoms with Crippen LogP contribution in [0.15, 0.2) is 30.3 Å². The Morgan fingerprint density at radius 3 is 2.69 bits per heavy atom. The molecule has 16 heavy (non-hydrogen) atoms. The topological polar surface area (TPSA) is 42.7 Å². The number of benzene rings is 1. The van der Waals surface area contributed by atoms with Crippen molar-refractivity contribution in [3.05, 3.63) is 36.2 Å². The lowest BCUT2D eigenvalue weighted by Crippen LogP contribution is -2.16. The molecule has 1 heterocycles. The molecule has 0 bridgehead atoms. The smallest absolute Gasteiger partial charge is 0.181 e. The second kappa shape index (κ2) is 4.90. The number of nitrogens with one attached hydrogen (secondary N) is 1. The van der Waals surface area contributed by atoms with E-state index in [4.69, 9.17) is 0 Å². The maximum atomic E-state index is 4.48. The van der Waals surface area contributed by atoms with E-state index in [1.54, 1.807) is 0 Å². The van der Waals surface area contributed by atoms with Gasteiger partial charge < -0.3 is 5.32 Å². The summed E-state index contributed by atoms with van der Waals surface area (Å²) in [4.78, 5) is 4.46. The van der Waals surface area contributed by atoms with Crippen molar-refractivity contribution in [1.29, 1.82) is 0 Å². The van der Waals surface area contributed by atoms with Gasteiger partial charge in [-0.25, -0.2) is 9.67 Å². The molecule has 0 aliphatic rings. The average molecular weight is 216 g/mol. The second-order valence-corrected chi connectivity index (χ2v) is 3.68. The highest BCUT2D eigenvalue weighted by atomic mass is 15.3. The Bertz CT molecular complexity index is 447. The minimum atomic E-state index is 0.800. The summed E-state index contributed by atoms with van der Waals surface area (Å²) in [6.07, 6.45) is 0. The molecule has 0 saturated heterocycles. The summed E-state index contributed by atoms with van der Waals surface area (Å²) >= 11 is 0. The van der Waals surface area contributed by atoms with Gasteiger partial charge in [0.25, 0.3) is 0 Å². The van der Waals surface area contributed by atoms with E-state index in [0.717, 1.165) is 30.3 Å². The summed E-state index contributed by atoms with van der Waals surface area (Å²) in [5.74, 6) is 1.75. The zero-order chi connectivity index (χ0) is 11.4. The van der Waals surface area contributed by atoms with Gasteiger partial charge in [-0.3, -0.25) is 0 Å². The Labute approximate surface area is 95.3 Å². The Hall–Kier alpha value is -1.68. The summed E-state index contributed by atoms with van der Waals surface area (Å²) in [5.41, 5.74) is 1.06. The maximum Gasteiger partial charge on any atom is 0.181 e. The highest BCUT2D eigenvalue weighted by molar-refractivity contribution is 5.53. The standard InChI is InChI=1S/C12H16N4/c1-10-14-12(11-6-4-3-5-7-11)15-16(10)9-8-13-2/h3-7,13H,8-9H2,1-2H3. The van der Waals surface area contributed by atoms with Crippen LogP contribution in [0, 0.1) is 6.92 Å². The quantitative estimate of drug-likeness (QED) is 0.841. The number of hydrogen-bond donors (Lipinski definition) is 1. The minimum absolute atomic E-state index is 0.800. The van der Waals surface area contributed by atoms with Crippen molar-refractivity contribution in [2.45, 2.75) is 13.5 Å². The van der Waals surface area contributed by atoms with Crippen LogP contribution in [0.2, 0.25) is 0 Å². The van der Waals surface area contributed by atoms with Gasteiger partial charge in [0.05, 0.1) is 6.54 Å². The fourth-order valence-electron chi connectivity index (χ4n) is 1.56. The molecular formula is C12H16N4. The molecule has 1 aromatic carbocycles. The lowest BCUT2D eigenvalue weighted by atomic mass is 10.2. The molecule has 0 aliphatic heterocycles. The molecule has 1 aromatic heterocycles. The molecule has 2 aromatic rings. The van der Waals surface area contributed by atoms with Crippen LogP contribution >= 0.6 is 0 Å². The van der Waals surface area contributed by atoms with Gasteiger partial charge in [0.15, 0.2) is 5.82 Å². The lowest BCUT2D eigenvalue weighted by Gasteiger charge is -2.00. The Kier molecular flexibility index (Phi) is 3.31. The zero-order valence-electron chi connectivity index (χ0n) is 9.64. The van der Waals surface area contributed by atoms with Crippen LogP contribution in [0.25, 0.3) is 11.4 Å². The number of nitrogens with zero attached hydrogens (tertiary/aromatic N) is 3. The third kappa shape index (κ3) is 2.28. The summed E-state index contributed by atoms with van der Waals surface area (Å²) in [6.45, 7) is 3.73. The summed E-state index contributed by atoms with van der Waals surface area (Å²) in [7, 11) is 1.93. The highest BCUT2D eigenvalue weighted by Crippen LogP contribution is 2.14. The molecule has 2 rings (SSSR count). The third-order valence-electron chi connectivity index (χ3n) is 2.46. The molecule has 4 heteroatoms. The largest absolute Gasteiger partial charge is 0.318 e. The molecular weight excluding hydrogens is 200 g/mol. The molecule has 4 nitrogen and oxygen atoms in total. The van der Waals surface area contributed by atoms with E-state index >= 15 is 0 Å². The Morgan fingerprint density at radius 2 is 2.00 bits per heavy atom. The number of aromatic nitrogens is 3. The zero-order valence-corrected chi connectivity index (χ0v) is 9.64. The molecule has 0 saturated carbocycles. The minimum Gasteiger partial charge on any atom is -0.318 e. The van der Waals surface area contributed by atoms with Crippen LogP contribution in [0.5, 0.6) is 0 Å². The van der Waals surface area contributed by atoms with Crippen LogP contribution < -0.4 is 5.32 Å². The van der Waals surface area contributed by atoms with Gasteiger partial charge in [0.1, 0.15) is 5.82 Å². The van der Waals surface area contributed by atoms with Gasteiger partial charge in [0, 0.05) is 12.1 Å². The molecule has 0 atom stereocenters. The molecule has 0 aliphatic carbocycles. The number of aryl methyl sites for hydroxylation is 1. The monoisotopic (exact) mass is 216 g/mol. The van der Waals surface area contributed by atoms with Gasteiger partial charge in [-0.1, -0.05) is 30.3 Å². The fourth-order valence-corrected chi connectivity index (χ4v) is 1.56. The summed E-state index contributed by atoms with van der Waals surface area (Å²) in [5, 5.41) is 7.59. The SMILES string of the molecule is CNCCn1nc(-c2ccccc2)nc1C. The van der Waals surface area contributed by atoms with Crippen molar-refractivity contribution >= 4 is 0 Å². The molecule has 0 radical (unpaired) electrons. The van der Waals surface area contributed by atoms with Crippen molar-refractivity contribution in [3.63, 3.8) is 0 Å². The first kappa shape index (κ1) is 10.8. The van der Waals surface area contributed by atoms with Crippen molar-refractivity contribution in [2.75, 3.05) is 13.6 Å². The predicted molar refractivity (Wildman–Crippen MR) is 64.1 cm³/mol. The fraction of sp³-hybridized carbons (Fsp3) is 0.333. The normalized spacial score (nSPS) is 10.6. The van der Waals surface area contributed by atoms with E-state index in [1.807, 2.05) is 49.0 Å². The summed E-state index contributed by atoms with van der Waals surface area (Å²) < 4.78 is 1.93. The number of rotatable bonds is 4. The second-order valence-electron chi connectivity index (χ2n) is 3.68. The Balaban J connectivity index is 2.24. The van der Waals surface area contributed by atoms with Gasteiger partial charge >= 0.3 is 0 Å². The van der Waals surface area contributed by atoms with E-state index in [2.05, 4.69) is 15.4 Å². The number of hydrogen-bond acceptors (Lipinski definition) is 3. The molecule has 0 amide bonds. The first-order chi connectivity index (χ1) is 7.81. The van der Waals surface area contributed by atoms with Crippen LogP contribution in [-0.4, -0.2) is 28.4 Å². The third-order valence-corrected chi connectivity index (χ3v) is 2.46. The molecule has 1 N–H and O–H groups in total. The van der Waals surface area contributed by atoms with Crippen molar-refractivity contribution < 1.29 is 0 Å². The Morgan fingerprint density at radius 1 is 1.25 bits per heavy atom. The highest BCUT2D eigenvalue weighted by Gasteiger charge is 2.06. The van der Waals surface area contributed by atoms with Crippen molar-refractivity contribution in [3.8, 4) is 11.4 Å². The van der Waals surface area contributed by atoms with Gasteiger partial charge in [0.2, 0.25) is 0 Å². The van der Waals surface area contributed by atoms with Crippen LogP contribution in [0.3, 0.4) is 0 Å². The first-order valence-electron chi connectivity index (χ1n) is 5.42. The summed E-state index contributed by atoms with van der Waals surface area (Å²) in [6, 6.07) is 10.0. The molecule has 0 fully saturated rings. The van der Waals surface area contributed by atoms with Gasteiger partial charge in [-0.2, -0.15) is 5.10 Å². The van der Waals surface area contributed by atoms with Gasteiger partial charge in [-0.15, -0.1) is 0 Å². The van der Waals surface area contributed by atoms with Gasteiger partial charge in [-0.05, 0) is 14.0 Å². The molecule has 0 spiro atoms. The predicted octanol–water partition coefficient (Wildman–Crippen LogP) is 1.47. The maximum absolute atomic E-state index is 4.48. The van der Waals surface area contributed by atoms with Crippen molar-refractivity contribution in [2.24, 2.45) is 0 Å². The van der Waals surface area contributed by atoms with Crippen LogP contribution in [0.4, 0.5) is 0 Å². The van der Waals surface area contributed by atoms with E-state index in [9.17, 15) is 0 Å². The molecule has 0 unspecified atom stereocenters. The van der Waals surface area contributed by atoms with E-state index in [-0.39, 0.29) is 0 Å². The van der Waals surface area contributed by atoms with E-state index in [1.165, 1.54) is 0 Å². The van der Waals surface area contributed by atoms with Crippen LogP contribution in [-0.2, 0) is 6.54 Å². The van der Waals surface area contributed by atoms with Crippen molar-refractivity contribution in [1.82, 2.24) is 20.1 Å². The van der Waals surface area contributed by atoms with Crippen LogP contribution in [0.1, 0.15) is 5.82 Å². The first-order valence-corrected chi connectivity index (χ1v) is 5.42. The van der Waals surface area contributed by atoms with E-state index in [0.29, 0.717) is 0 Å².